The highest BCUT2D eigenvalue weighted by Crippen LogP contribution is 2.25. The van der Waals surface area contributed by atoms with Crippen LogP contribution in [0.5, 0.6) is 0 Å². The zero-order valence-electron chi connectivity index (χ0n) is 10.2. The summed E-state index contributed by atoms with van der Waals surface area (Å²) in [6.45, 7) is 2.07. The Kier molecular flexibility index (Phi) is 4.28. The first-order valence-electron chi connectivity index (χ1n) is 5.83. The summed E-state index contributed by atoms with van der Waals surface area (Å²) < 4.78 is 0. The Morgan fingerprint density at radius 2 is 1.78 bits per heavy atom. The first-order chi connectivity index (χ1) is 8.58. The second-order valence-electron chi connectivity index (χ2n) is 4.42. The number of aryl methyl sites for hydroxylation is 1. The maximum absolute atomic E-state index is 6.24. The Labute approximate surface area is 118 Å². The molecule has 0 aliphatic rings. The van der Waals surface area contributed by atoms with Crippen molar-refractivity contribution in [1.29, 1.82) is 0 Å². The molecule has 2 aromatic rings. The van der Waals surface area contributed by atoms with E-state index in [1.54, 1.807) is 0 Å². The van der Waals surface area contributed by atoms with Crippen LogP contribution in [0.3, 0.4) is 0 Å². The molecule has 2 aromatic carbocycles. The molecule has 0 fully saturated rings. The van der Waals surface area contributed by atoms with E-state index in [1.165, 1.54) is 11.1 Å². The lowest BCUT2D eigenvalue weighted by Crippen LogP contribution is -2.14. The van der Waals surface area contributed by atoms with Crippen molar-refractivity contribution in [2.24, 2.45) is 5.73 Å². The smallest absolute Gasteiger partial charge is 0.0595 e. The standard InChI is InChI=1S/C15H15Cl2N/c1-10-4-2-3-5-12(10)15(18)9-11-6-7-13(16)14(17)8-11/h2-8,15H,9,18H2,1H3. The number of hydrogen-bond acceptors (Lipinski definition) is 1. The fourth-order valence-corrected chi connectivity index (χ4v) is 2.35. The molecule has 94 valence electrons. The van der Waals surface area contributed by atoms with Crippen LogP contribution in [-0.2, 0) is 6.42 Å². The van der Waals surface area contributed by atoms with E-state index in [0.717, 1.165) is 12.0 Å². The van der Waals surface area contributed by atoms with Gasteiger partial charge in [-0.25, -0.2) is 0 Å². The van der Waals surface area contributed by atoms with Crippen LogP contribution in [0.25, 0.3) is 0 Å². The Morgan fingerprint density at radius 3 is 2.44 bits per heavy atom. The van der Waals surface area contributed by atoms with Gasteiger partial charge in [-0.2, -0.15) is 0 Å². The van der Waals surface area contributed by atoms with E-state index in [2.05, 4.69) is 19.1 Å². The van der Waals surface area contributed by atoms with Gasteiger partial charge < -0.3 is 5.73 Å². The molecule has 0 aromatic heterocycles. The van der Waals surface area contributed by atoms with Crippen LogP contribution < -0.4 is 5.73 Å². The molecule has 0 spiro atoms. The van der Waals surface area contributed by atoms with E-state index >= 15 is 0 Å². The first-order valence-corrected chi connectivity index (χ1v) is 6.58. The molecule has 0 radical (unpaired) electrons. The van der Waals surface area contributed by atoms with Gasteiger partial charge in [0.1, 0.15) is 0 Å². The molecule has 2 rings (SSSR count). The van der Waals surface area contributed by atoms with Crippen LogP contribution in [0, 0.1) is 6.92 Å². The SMILES string of the molecule is Cc1ccccc1C(N)Cc1ccc(Cl)c(Cl)c1. The summed E-state index contributed by atoms with van der Waals surface area (Å²) in [6, 6.07) is 13.8. The van der Waals surface area contributed by atoms with Gasteiger partial charge in [-0.1, -0.05) is 53.5 Å². The molecule has 18 heavy (non-hydrogen) atoms. The molecule has 0 saturated carbocycles. The number of hydrogen-bond donors (Lipinski definition) is 1. The average Bonchev–Trinajstić information content (AvgIpc) is 2.34. The van der Waals surface area contributed by atoms with E-state index < -0.39 is 0 Å². The van der Waals surface area contributed by atoms with E-state index in [-0.39, 0.29) is 6.04 Å². The molecule has 0 bridgehead atoms. The van der Waals surface area contributed by atoms with E-state index in [9.17, 15) is 0 Å². The van der Waals surface area contributed by atoms with Crippen LogP contribution in [0.15, 0.2) is 42.5 Å². The molecule has 1 nitrogen and oxygen atoms in total. The lowest BCUT2D eigenvalue weighted by Gasteiger charge is -2.15. The van der Waals surface area contributed by atoms with Crippen molar-refractivity contribution < 1.29 is 0 Å². The summed E-state index contributed by atoms with van der Waals surface area (Å²) in [5, 5.41) is 1.15. The molecule has 1 unspecified atom stereocenters. The largest absolute Gasteiger partial charge is 0.324 e. The minimum absolute atomic E-state index is 0.0246. The molecule has 0 saturated heterocycles. The molecule has 1 atom stereocenters. The Morgan fingerprint density at radius 1 is 1.06 bits per heavy atom. The molecular weight excluding hydrogens is 265 g/mol. The highest BCUT2D eigenvalue weighted by Gasteiger charge is 2.10. The van der Waals surface area contributed by atoms with Gasteiger partial charge in [0.15, 0.2) is 0 Å². The maximum atomic E-state index is 6.24. The van der Waals surface area contributed by atoms with Crippen LogP contribution >= 0.6 is 23.2 Å². The molecule has 0 heterocycles. The topological polar surface area (TPSA) is 26.0 Å². The Balaban J connectivity index is 2.19. The highest BCUT2D eigenvalue weighted by atomic mass is 35.5. The fourth-order valence-electron chi connectivity index (χ4n) is 2.03. The average molecular weight is 280 g/mol. The van der Waals surface area contributed by atoms with E-state index in [4.69, 9.17) is 28.9 Å². The van der Waals surface area contributed by atoms with Crippen LogP contribution in [0.2, 0.25) is 10.0 Å². The van der Waals surface area contributed by atoms with Crippen molar-refractivity contribution in [1.82, 2.24) is 0 Å². The predicted octanol–water partition coefficient (Wildman–Crippen LogP) is 4.54. The third kappa shape index (κ3) is 3.05. The number of nitrogens with two attached hydrogens (primary N) is 1. The van der Waals surface area contributed by atoms with Crippen molar-refractivity contribution in [3.63, 3.8) is 0 Å². The van der Waals surface area contributed by atoms with Gasteiger partial charge in [0.25, 0.3) is 0 Å². The predicted molar refractivity (Wildman–Crippen MR) is 78.3 cm³/mol. The third-order valence-corrected chi connectivity index (χ3v) is 3.77. The molecule has 3 heteroatoms. The molecular formula is C15H15Cl2N. The summed E-state index contributed by atoms with van der Waals surface area (Å²) in [6.07, 6.45) is 0.752. The lowest BCUT2D eigenvalue weighted by atomic mass is 9.96. The third-order valence-electron chi connectivity index (χ3n) is 3.03. The van der Waals surface area contributed by atoms with Gasteiger partial charge in [0, 0.05) is 6.04 Å². The van der Waals surface area contributed by atoms with Crippen LogP contribution in [0.1, 0.15) is 22.7 Å². The van der Waals surface area contributed by atoms with Crippen molar-refractivity contribution in [2.45, 2.75) is 19.4 Å². The molecule has 2 N–H and O–H groups in total. The minimum atomic E-state index is -0.0246. The number of benzene rings is 2. The summed E-state index contributed by atoms with van der Waals surface area (Å²) >= 11 is 11.9. The first kappa shape index (κ1) is 13.4. The molecule has 0 amide bonds. The number of rotatable bonds is 3. The Hall–Kier alpha value is -1.02. The van der Waals surface area contributed by atoms with Crippen molar-refractivity contribution in [3.05, 3.63) is 69.2 Å². The Bertz CT molecular complexity index is 552. The van der Waals surface area contributed by atoms with Gasteiger partial charge in [0.2, 0.25) is 0 Å². The maximum Gasteiger partial charge on any atom is 0.0595 e. The van der Waals surface area contributed by atoms with Gasteiger partial charge >= 0.3 is 0 Å². The van der Waals surface area contributed by atoms with E-state index in [0.29, 0.717) is 10.0 Å². The normalized spacial score (nSPS) is 12.4. The monoisotopic (exact) mass is 279 g/mol. The summed E-state index contributed by atoms with van der Waals surface area (Å²) in [5.41, 5.74) is 9.72. The summed E-state index contributed by atoms with van der Waals surface area (Å²) in [4.78, 5) is 0. The van der Waals surface area contributed by atoms with Gasteiger partial charge in [0.05, 0.1) is 10.0 Å². The van der Waals surface area contributed by atoms with Crippen molar-refractivity contribution in [3.8, 4) is 0 Å². The van der Waals surface area contributed by atoms with Crippen LogP contribution in [0.4, 0.5) is 0 Å². The van der Waals surface area contributed by atoms with E-state index in [1.807, 2.05) is 30.3 Å². The van der Waals surface area contributed by atoms with Gasteiger partial charge in [-0.15, -0.1) is 0 Å². The quantitative estimate of drug-likeness (QED) is 0.877. The van der Waals surface area contributed by atoms with Crippen LogP contribution in [-0.4, -0.2) is 0 Å². The zero-order chi connectivity index (χ0) is 13.1. The number of halogens is 2. The highest BCUT2D eigenvalue weighted by molar-refractivity contribution is 6.42. The zero-order valence-corrected chi connectivity index (χ0v) is 11.7. The summed E-state index contributed by atoms with van der Waals surface area (Å²) in [7, 11) is 0. The molecule has 0 aliphatic heterocycles. The fraction of sp³-hybridized carbons (Fsp3) is 0.200. The van der Waals surface area contributed by atoms with Crippen molar-refractivity contribution in [2.75, 3.05) is 0 Å². The van der Waals surface area contributed by atoms with Gasteiger partial charge in [-0.3, -0.25) is 0 Å². The second kappa shape index (κ2) is 5.75. The van der Waals surface area contributed by atoms with Crippen molar-refractivity contribution >= 4 is 23.2 Å². The van der Waals surface area contributed by atoms with Gasteiger partial charge in [-0.05, 0) is 42.2 Å². The summed E-state index contributed by atoms with van der Waals surface area (Å²) in [5.74, 6) is 0. The second-order valence-corrected chi connectivity index (χ2v) is 5.23. The molecule has 0 aliphatic carbocycles. The minimum Gasteiger partial charge on any atom is -0.324 e. The lowest BCUT2D eigenvalue weighted by molar-refractivity contribution is 0.717.